The lowest BCUT2D eigenvalue weighted by atomic mass is 9.68. The minimum atomic E-state index is 0.437. The molecule has 1 N–H and O–H groups in total. The van der Waals surface area contributed by atoms with Gasteiger partial charge in [-0.05, 0) is 78.5 Å². The van der Waals surface area contributed by atoms with E-state index in [1.807, 2.05) is 0 Å². The second kappa shape index (κ2) is 4.02. The molecular weight excluding hydrogens is 242 g/mol. The van der Waals surface area contributed by atoms with E-state index in [1.165, 1.54) is 44.2 Å². The second-order valence-corrected chi connectivity index (χ2v) is 8.33. The fourth-order valence-corrected chi connectivity index (χ4v) is 5.49. The number of rotatable bonds is 2. The van der Waals surface area contributed by atoms with Crippen LogP contribution < -0.4 is 5.32 Å². The first kappa shape index (κ1) is 12.7. The second-order valence-electron chi connectivity index (χ2n) is 8.33. The summed E-state index contributed by atoms with van der Waals surface area (Å²) in [5, 5.41) is 3.93. The Morgan fingerprint density at radius 2 is 1.90 bits per heavy atom. The number of nitrogens with one attached hydrogen (secondary N) is 1. The fourth-order valence-electron chi connectivity index (χ4n) is 5.49. The van der Waals surface area contributed by atoms with Crippen LogP contribution in [0.2, 0.25) is 0 Å². The molecule has 0 saturated heterocycles. The quantitative estimate of drug-likeness (QED) is 0.813. The molecule has 0 spiro atoms. The number of hydrogen-bond donors (Lipinski definition) is 1. The van der Waals surface area contributed by atoms with Crippen molar-refractivity contribution in [3.05, 3.63) is 29.3 Å². The normalized spacial score (nSPS) is 37.1. The third kappa shape index (κ3) is 1.68. The zero-order chi connectivity index (χ0) is 14.0. The largest absolute Gasteiger partial charge is 0.381 e. The minimum absolute atomic E-state index is 0.437. The molecule has 3 aliphatic carbocycles. The van der Waals surface area contributed by atoms with E-state index < -0.39 is 0 Å². The molecule has 0 aromatic heterocycles. The number of anilines is 1. The summed E-state index contributed by atoms with van der Waals surface area (Å²) in [6, 6.07) is 7.73. The van der Waals surface area contributed by atoms with Crippen LogP contribution in [0.15, 0.2) is 18.2 Å². The first-order chi connectivity index (χ1) is 9.49. The van der Waals surface area contributed by atoms with Gasteiger partial charge in [-0.25, -0.2) is 0 Å². The van der Waals surface area contributed by atoms with Gasteiger partial charge in [0.2, 0.25) is 0 Å². The van der Waals surface area contributed by atoms with Gasteiger partial charge in [0.25, 0.3) is 0 Å². The van der Waals surface area contributed by atoms with E-state index in [1.54, 1.807) is 11.1 Å². The highest BCUT2D eigenvalue weighted by atomic mass is 15.0. The predicted octanol–water partition coefficient (Wildman–Crippen LogP) is 4.80. The maximum atomic E-state index is 3.93. The Labute approximate surface area is 123 Å². The van der Waals surface area contributed by atoms with Crippen molar-refractivity contribution in [2.24, 2.45) is 16.7 Å². The van der Waals surface area contributed by atoms with Gasteiger partial charge < -0.3 is 5.32 Å². The van der Waals surface area contributed by atoms with Gasteiger partial charge in [0, 0.05) is 11.7 Å². The average Bonchev–Trinajstić information content (AvgIpc) is 3.05. The van der Waals surface area contributed by atoms with Crippen LogP contribution in [0.3, 0.4) is 0 Å². The summed E-state index contributed by atoms with van der Waals surface area (Å²) in [5.74, 6) is 0.916. The Morgan fingerprint density at radius 3 is 2.65 bits per heavy atom. The lowest BCUT2D eigenvalue weighted by molar-refractivity contribution is 0.155. The van der Waals surface area contributed by atoms with E-state index in [0.29, 0.717) is 16.9 Å². The van der Waals surface area contributed by atoms with Crippen molar-refractivity contribution in [1.29, 1.82) is 0 Å². The maximum absolute atomic E-state index is 3.93. The first-order valence-corrected chi connectivity index (χ1v) is 8.37. The van der Waals surface area contributed by atoms with Crippen LogP contribution in [-0.2, 0) is 12.8 Å². The lowest BCUT2D eigenvalue weighted by Crippen LogP contribution is -2.45. The summed E-state index contributed by atoms with van der Waals surface area (Å²) in [7, 11) is 0. The molecule has 0 amide bonds. The number of hydrogen-bond acceptors (Lipinski definition) is 1. The van der Waals surface area contributed by atoms with Crippen molar-refractivity contribution < 1.29 is 0 Å². The summed E-state index contributed by atoms with van der Waals surface area (Å²) in [5.41, 5.74) is 5.46. The Balaban J connectivity index is 1.62. The Morgan fingerprint density at radius 1 is 1.10 bits per heavy atom. The van der Waals surface area contributed by atoms with Gasteiger partial charge in [-0.3, -0.25) is 0 Å². The van der Waals surface area contributed by atoms with Crippen LogP contribution in [0.25, 0.3) is 0 Å². The van der Waals surface area contributed by atoms with E-state index in [9.17, 15) is 0 Å². The van der Waals surface area contributed by atoms with E-state index in [0.717, 1.165) is 5.92 Å². The molecule has 1 heteroatoms. The van der Waals surface area contributed by atoms with Crippen molar-refractivity contribution >= 4 is 5.69 Å². The molecule has 0 radical (unpaired) electrons. The molecule has 2 saturated carbocycles. The van der Waals surface area contributed by atoms with E-state index in [-0.39, 0.29) is 0 Å². The van der Waals surface area contributed by atoms with Gasteiger partial charge in [0.15, 0.2) is 0 Å². The summed E-state index contributed by atoms with van der Waals surface area (Å²) in [6.07, 6.45) is 8.16. The SMILES string of the molecule is CC1(C)C(Nc2ccc3c(c2)CCC3)[C@]2(C)CC[C@H]1C2. The van der Waals surface area contributed by atoms with Gasteiger partial charge in [-0.15, -0.1) is 0 Å². The molecule has 20 heavy (non-hydrogen) atoms. The molecule has 3 atom stereocenters. The smallest absolute Gasteiger partial charge is 0.0368 e. The van der Waals surface area contributed by atoms with Crippen molar-refractivity contribution in [3.8, 4) is 0 Å². The molecule has 3 aliphatic rings. The van der Waals surface area contributed by atoms with Crippen molar-refractivity contribution in [3.63, 3.8) is 0 Å². The monoisotopic (exact) mass is 269 g/mol. The summed E-state index contributed by atoms with van der Waals surface area (Å²) >= 11 is 0. The zero-order valence-electron chi connectivity index (χ0n) is 13.1. The van der Waals surface area contributed by atoms with E-state index >= 15 is 0 Å². The minimum Gasteiger partial charge on any atom is -0.381 e. The predicted molar refractivity (Wildman–Crippen MR) is 85.1 cm³/mol. The molecule has 2 fully saturated rings. The lowest BCUT2D eigenvalue weighted by Gasteiger charge is -2.43. The van der Waals surface area contributed by atoms with Gasteiger partial charge in [0.1, 0.15) is 0 Å². The summed E-state index contributed by atoms with van der Waals surface area (Å²) < 4.78 is 0. The molecule has 0 aliphatic heterocycles. The summed E-state index contributed by atoms with van der Waals surface area (Å²) in [4.78, 5) is 0. The van der Waals surface area contributed by atoms with Crippen LogP contribution in [0.1, 0.15) is 57.6 Å². The van der Waals surface area contributed by atoms with Crippen LogP contribution >= 0.6 is 0 Å². The van der Waals surface area contributed by atoms with Gasteiger partial charge >= 0.3 is 0 Å². The van der Waals surface area contributed by atoms with Gasteiger partial charge in [-0.1, -0.05) is 26.8 Å². The van der Waals surface area contributed by atoms with Crippen molar-refractivity contribution in [2.45, 2.75) is 65.3 Å². The fraction of sp³-hybridized carbons (Fsp3) is 0.684. The topological polar surface area (TPSA) is 12.0 Å². The molecule has 1 aromatic rings. The van der Waals surface area contributed by atoms with Crippen molar-refractivity contribution in [1.82, 2.24) is 0 Å². The molecule has 2 bridgehead atoms. The average molecular weight is 269 g/mol. The molecule has 0 heterocycles. The van der Waals surface area contributed by atoms with E-state index in [2.05, 4.69) is 44.3 Å². The molecular formula is C19H27N. The highest BCUT2D eigenvalue weighted by Gasteiger charge is 2.59. The van der Waals surface area contributed by atoms with E-state index in [4.69, 9.17) is 0 Å². The number of benzene rings is 1. The van der Waals surface area contributed by atoms with Crippen LogP contribution in [0.5, 0.6) is 0 Å². The third-order valence-corrected chi connectivity index (χ3v) is 6.68. The van der Waals surface area contributed by atoms with Crippen LogP contribution in [-0.4, -0.2) is 6.04 Å². The van der Waals surface area contributed by atoms with Crippen LogP contribution in [0.4, 0.5) is 5.69 Å². The molecule has 1 aromatic carbocycles. The summed E-state index contributed by atoms with van der Waals surface area (Å²) in [6.45, 7) is 7.47. The standard InChI is InChI=1S/C19H27N/c1-18(2)15-9-10-19(3,12-15)17(18)20-16-8-7-13-5-4-6-14(13)11-16/h7-8,11,15,17,20H,4-6,9-10,12H2,1-3H3/t15-,17?,19+/m0/s1. The van der Waals surface area contributed by atoms with Crippen molar-refractivity contribution in [2.75, 3.05) is 5.32 Å². The third-order valence-electron chi connectivity index (χ3n) is 6.68. The maximum Gasteiger partial charge on any atom is 0.0368 e. The molecule has 4 rings (SSSR count). The molecule has 1 unspecified atom stereocenters. The van der Waals surface area contributed by atoms with Crippen LogP contribution in [0, 0.1) is 16.7 Å². The molecule has 1 nitrogen and oxygen atoms in total. The number of aryl methyl sites for hydroxylation is 2. The van der Waals surface area contributed by atoms with Gasteiger partial charge in [-0.2, -0.15) is 0 Å². The Bertz CT molecular complexity index is 540. The zero-order valence-corrected chi connectivity index (χ0v) is 13.1. The Kier molecular flexibility index (Phi) is 2.56. The van der Waals surface area contributed by atoms with Gasteiger partial charge in [0.05, 0.1) is 0 Å². The Hall–Kier alpha value is -0.980. The first-order valence-electron chi connectivity index (χ1n) is 8.37. The highest BCUT2D eigenvalue weighted by molar-refractivity contribution is 5.51. The highest BCUT2D eigenvalue weighted by Crippen LogP contribution is 2.63. The molecule has 108 valence electrons. The number of fused-ring (bicyclic) bond motifs is 3.